The minimum atomic E-state index is -0.492. The van der Waals surface area contributed by atoms with Crippen molar-refractivity contribution in [2.75, 3.05) is 11.5 Å². The second-order valence-electron chi connectivity index (χ2n) is 3.19. The molecule has 1 unspecified atom stereocenters. The molecule has 1 atom stereocenters. The van der Waals surface area contributed by atoms with Crippen molar-refractivity contribution in [2.24, 2.45) is 0 Å². The van der Waals surface area contributed by atoms with Gasteiger partial charge in [0.1, 0.15) is 0 Å². The number of rotatable bonds is 3. The number of aliphatic hydroxyl groups excluding tert-OH is 1. The first-order valence-electron chi connectivity index (χ1n) is 4.48. The Morgan fingerprint density at radius 1 is 1.38 bits per heavy atom. The zero-order valence-electron chi connectivity index (χ0n) is 7.83. The molecule has 0 saturated carbocycles. The number of nitrogens with two attached hydrogens (primary N) is 2. The largest absolute Gasteiger partial charge is 0.399 e. The zero-order valence-corrected chi connectivity index (χ0v) is 7.83. The molecule has 1 aromatic rings. The lowest BCUT2D eigenvalue weighted by Crippen LogP contribution is -2.02. The topological polar surface area (TPSA) is 72.3 Å². The Morgan fingerprint density at radius 3 is 2.69 bits per heavy atom. The molecule has 0 saturated heterocycles. The minimum absolute atomic E-state index is 0.492. The number of hydrogen-bond acceptors (Lipinski definition) is 3. The van der Waals surface area contributed by atoms with Gasteiger partial charge in [0.2, 0.25) is 0 Å². The van der Waals surface area contributed by atoms with E-state index in [4.69, 9.17) is 11.5 Å². The smallest absolute Gasteiger partial charge is 0.0810 e. The third-order valence-electron chi connectivity index (χ3n) is 2.03. The maximum absolute atomic E-state index is 9.69. The normalized spacial score (nSPS) is 12.8. The molecule has 5 N–H and O–H groups in total. The van der Waals surface area contributed by atoms with Gasteiger partial charge in [0.05, 0.1) is 6.10 Å². The molecule has 13 heavy (non-hydrogen) atoms. The lowest BCUT2D eigenvalue weighted by Gasteiger charge is -2.12. The van der Waals surface area contributed by atoms with Gasteiger partial charge in [-0.2, -0.15) is 0 Å². The highest BCUT2D eigenvalue weighted by Crippen LogP contribution is 2.25. The second-order valence-corrected chi connectivity index (χ2v) is 3.19. The molecule has 0 fully saturated rings. The van der Waals surface area contributed by atoms with Crippen LogP contribution in [0.4, 0.5) is 11.4 Å². The first-order chi connectivity index (χ1) is 6.15. The van der Waals surface area contributed by atoms with Crippen LogP contribution in [0.15, 0.2) is 18.2 Å². The van der Waals surface area contributed by atoms with Gasteiger partial charge in [0.15, 0.2) is 0 Å². The Hall–Kier alpha value is -1.22. The molecule has 0 amide bonds. The lowest BCUT2D eigenvalue weighted by atomic mass is 10.0. The summed E-state index contributed by atoms with van der Waals surface area (Å²) in [7, 11) is 0. The summed E-state index contributed by atoms with van der Waals surface area (Å²) in [5.41, 5.74) is 13.3. The summed E-state index contributed by atoms with van der Waals surface area (Å²) in [4.78, 5) is 0. The van der Waals surface area contributed by atoms with Crippen molar-refractivity contribution in [3.8, 4) is 0 Å². The molecular weight excluding hydrogens is 164 g/mol. The number of anilines is 2. The van der Waals surface area contributed by atoms with E-state index in [2.05, 4.69) is 0 Å². The second kappa shape index (κ2) is 4.14. The van der Waals surface area contributed by atoms with E-state index in [1.165, 1.54) is 0 Å². The molecule has 3 nitrogen and oxygen atoms in total. The van der Waals surface area contributed by atoms with Gasteiger partial charge in [-0.3, -0.25) is 0 Å². The van der Waals surface area contributed by atoms with Crippen molar-refractivity contribution < 1.29 is 5.11 Å². The molecule has 1 rings (SSSR count). The number of benzene rings is 1. The summed E-state index contributed by atoms with van der Waals surface area (Å²) in [6.45, 7) is 2.02. The molecule has 1 aromatic carbocycles. The molecule has 0 radical (unpaired) electrons. The fourth-order valence-corrected chi connectivity index (χ4v) is 1.31. The van der Waals surface area contributed by atoms with Gasteiger partial charge < -0.3 is 16.6 Å². The van der Waals surface area contributed by atoms with E-state index in [-0.39, 0.29) is 0 Å². The highest BCUT2D eigenvalue weighted by Gasteiger charge is 2.09. The summed E-state index contributed by atoms with van der Waals surface area (Å²) in [5, 5.41) is 9.69. The summed E-state index contributed by atoms with van der Waals surface area (Å²) < 4.78 is 0. The van der Waals surface area contributed by atoms with Crippen LogP contribution in [-0.2, 0) is 0 Å². The van der Waals surface area contributed by atoms with Gasteiger partial charge in [0.25, 0.3) is 0 Å². The van der Waals surface area contributed by atoms with Crippen LogP contribution < -0.4 is 11.5 Å². The van der Waals surface area contributed by atoms with Gasteiger partial charge in [-0.1, -0.05) is 13.3 Å². The first kappa shape index (κ1) is 9.86. The summed E-state index contributed by atoms with van der Waals surface area (Å²) >= 11 is 0. The highest BCUT2D eigenvalue weighted by molar-refractivity contribution is 5.56. The molecule has 0 aliphatic heterocycles. The molecule has 0 aromatic heterocycles. The predicted molar refractivity (Wildman–Crippen MR) is 55.1 cm³/mol. The van der Waals surface area contributed by atoms with E-state index in [0.717, 1.165) is 12.0 Å². The van der Waals surface area contributed by atoms with Gasteiger partial charge in [-0.25, -0.2) is 0 Å². The molecule has 3 heteroatoms. The zero-order chi connectivity index (χ0) is 9.84. The van der Waals surface area contributed by atoms with Crippen molar-refractivity contribution in [1.82, 2.24) is 0 Å². The average molecular weight is 180 g/mol. The predicted octanol–water partition coefficient (Wildman–Crippen LogP) is 1.68. The SMILES string of the molecule is CCCC(O)c1cc(N)ccc1N. The fourth-order valence-electron chi connectivity index (χ4n) is 1.31. The summed E-state index contributed by atoms with van der Waals surface area (Å²) in [5.74, 6) is 0. The number of nitrogen functional groups attached to an aromatic ring is 2. The third-order valence-corrected chi connectivity index (χ3v) is 2.03. The Bertz CT molecular complexity index is 286. The van der Waals surface area contributed by atoms with Gasteiger partial charge in [0, 0.05) is 16.9 Å². The van der Waals surface area contributed by atoms with E-state index in [9.17, 15) is 5.11 Å². The monoisotopic (exact) mass is 180 g/mol. The average Bonchev–Trinajstić information content (AvgIpc) is 2.09. The molecule has 72 valence electrons. The van der Waals surface area contributed by atoms with E-state index in [1.807, 2.05) is 6.92 Å². The van der Waals surface area contributed by atoms with E-state index < -0.39 is 6.10 Å². The molecular formula is C10H16N2O. The van der Waals surface area contributed by atoms with Crippen molar-refractivity contribution in [3.05, 3.63) is 23.8 Å². The summed E-state index contributed by atoms with van der Waals surface area (Å²) in [6.07, 6.45) is 1.15. The van der Waals surface area contributed by atoms with Gasteiger partial charge in [-0.05, 0) is 24.6 Å². The molecule has 0 bridgehead atoms. The third kappa shape index (κ3) is 2.36. The van der Waals surface area contributed by atoms with E-state index in [0.29, 0.717) is 17.8 Å². The Labute approximate surface area is 78.4 Å². The van der Waals surface area contributed by atoms with Crippen LogP contribution in [0.5, 0.6) is 0 Å². The minimum Gasteiger partial charge on any atom is -0.399 e. The van der Waals surface area contributed by atoms with Crippen LogP contribution >= 0.6 is 0 Å². The van der Waals surface area contributed by atoms with Crippen LogP contribution in [0, 0.1) is 0 Å². The van der Waals surface area contributed by atoms with E-state index >= 15 is 0 Å². The van der Waals surface area contributed by atoms with Gasteiger partial charge >= 0.3 is 0 Å². The van der Waals surface area contributed by atoms with Crippen LogP contribution in [0.2, 0.25) is 0 Å². The quantitative estimate of drug-likeness (QED) is 0.620. The Balaban J connectivity index is 2.91. The van der Waals surface area contributed by atoms with Crippen LogP contribution in [-0.4, -0.2) is 5.11 Å². The van der Waals surface area contributed by atoms with Crippen molar-refractivity contribution in [2.45, 2.75) is 25.9 Å². The standard InChI is InChI=1S/C10H16N2O/c1-2-3-10(13)8-6-7(11)4-5-9(8)12/h4-6,10,13H,2-3,11-12H2,1H3. The first-order valence-corrected chi connectivity index (χ1v) is 4.48. The molecule has 0 aliphatic rings. The fraction of sp³-hybridized carbons (Fsp3) is 0.400. The van der Waals surface area contributed by atoms with Crippen molar-refractivity contribution >= 4 is 11.4 Å². The Morgan fingerprint density at radius 2 is 2.08 bits per heavy atom. The van der Waals surface area contributed by atoms with Crippen molar-refractivity contribution in [3.63, 3.8) is 0 Å². The van der Waals surface area contributed by atoms with Crippen LogP contribution in [0.25, 0.3) is 0 Å². The number of hydrogen-bond donors (Lipinski definition) is 3. The molecule has 0 aliphatic carbocycles. The van der Waals surface area contributed by atoms with Crippen LogP contribution in [0.1, 0.15) is 31.4 Å². The maximum atomic E-state index is 9.69. The van der Waals surface area contributed by atoms with Crippen LogP contribution in [0.3, 0.4) is 0 Å². The number of aliphatic hydroxyl groups is 1. The highest BCUT2D eigenvalue weighted by atomic mass is 16.3. The van der Waals surface area contributed by atoms with E-state index in [1.54, 1.807) is 18.2 Å². The lowest BCUT2D eigenvalue weighted by molar-refractivity contribution is 0.167. The molecule has 0 spiro atoms. The summed E-state index contributed by atoms with van der Waals surface area (Å²) in [6, 6.07) is 5.19. The maximum Gasteiger partial charge on any atom is 0.0810 e. The van der Waals surface area contributed by atoms with Crippen molar-refractivity contribution in [1.29, 1.82) is 0 Å². The Kier molecular flexibility index (Phi) is 3.14. The molecule has 0 heterocycles. The van der Waals surface area contributed by atoms with Gasteiger partial charge in [-0.15, -0.1) is 0 Å².